The lowest BCUT2D eigenvalue weighted by molar-refractivity contribution is 0.346. The average molecular weight is 314 g/mol. The Labute approximate surface area is 117 Å². The van der Waals surface area contributed by atoms with E-state index in [0.717, 1.165) is 34.5 Å². The van der Waals surface area contributed by atoms with Gasteiger partial charge in [0.05, 0.1) is 18.7 Å². The van der Waals surface area contributed by atoms with Gasteiger partial charge in [-0.15, -0.1) is 0 Å². The van der Waals surface area contributed by atoms with Crippen LogP contribution in [0.1, 0.15) is 30.9 Å². The highest BCUT2D eigenvalue weighted by atomic mass is 79.9. The molecule has 2 rings (SSSR count). The van der Waals surface area contributed by atoms with Crippen molar-refractivity contribution in [1.29, 1.82) is 0 Å². The van der Waals surface area contributed by atoms with Gasteiger partial charge in [-0.25, -0.2) is 0 Å². The molecule has 1 aromatic rings. The molecule has 1 aliphatic rings. The Bertz CT molecular complexity index is 454. The number of benzene rings is 1. The van der Waals surface area contributed by atoms with Crippen LogP contribution in [0.3, 0.4) is 0 Å². The van der Waals surface area contributed by atoms with Gasteiger partial charge in [-0.3, -0.25) is 0 Å². The maximum atomic E-state index is 5.51. The first-order valence-corrected chi connectivity index (χ1v) is 6.99. The fourth-order valence-electron chi connectivity index (χ4n) is 2.84. The Balaban J connectivity index is 2.59. The predicted molar refractivity (Wildman–Crippen MR) is 76.6 cm³/mol. The summed E-state index contributed by atoms with van der Waals surface area (Å²) in [6.45, 7) is 5.41. The molecule has 1 heterocycles. The molecule has 1 unspecified atom stereocenters. The van der Waals surface area contributed by atoms with E-state index in [-0.39, 0.29) is 5.54 Å². The molecule has 1 saturated heterocycles. The normalized spacial score (nSPS) is 23.2. The minimum Gasteiger partial charge on any atom is -0.493 e. The molecule has 18 heavy (non-hydrogen) atoms. The van der Waals surface area contributed by atoms with E-state index in [1.165, 1.54) is 12.0 Å². The van der Waals surface area contributed by atoms with Gasteiger partial charge in [0.2, 0.25) is 0 Å². The van der Waals surface area contributed by atoms with Crippen molar-refractivity contribution < 1.29 is 9.47 Å². The zero-order valence-electron chi connectivity index (χ0n) is 11.4. The van der Waals surface area contributed by atoms with Gasteiger partial charge < -0.3 is 14.8 Å². The number of halogens is 1. The summed E-state index contributed by atoms with van der Waals surface area (Å²) in [6.07, 6.45) is 2.36. The minimum atomic E-state index is 0.0339. The van der Waals surface area contributed by atoms with Crippen molar-refractivity contribution in [2.45, 2.75) is 32.2 Å². The summed E-state index contributed by atoms with van der Waals surface area (Å²) in [5, 5.41) is 3.59. The number of ether oxygens (including phenoxy) is 2. The van der Waals surface area contributed by atoms with Crippen molar-refractivity contribution in [3.63, 3.8) is 0 Å². The summed E-state index contributed by atoms with van der Waals surface area (Å²) in [4.78, 5) is 0. The summed E-state index contributed by atoms with van der Waals surface area (Å²) in [6, 6.07) is 2.15. The highest BCUT2D eigenvalue weighted by Crippen LogP contribution is 2.44. The second-order valence-corrected chi connectivity index (χ2v) is 5.81. The molecule has 0 aromatic heterocycles. The summed E-state index contributed by atoms with van der Waals surface area (Å²) >= 11 is 3.57. The van der Waals surface area contributed by atoms with E-state index in [4.69, 9.17) is 9.47 Å². The molecule has 0 spiro atoms. The molecular formula is C14H20BrNO2. The standard InChI is InChI=1S/C14H20BrNO2/c1-9-10(14(2)6-5-7-16-14)8-11(15)13(18-4)12(9)17-3/h8,16H,5-7H2,1-4H3. The van der Waals surface area contributed by atoms with Gasteiger partial charge >= 0.3 is 0 Å². The summed E-state index contributed by atoms with van der Waals surface area (Å²) in [5.74, 6) is 1.58. The van der Waals surface area contributed by atoms with Crippen LogP contribution in [0.5, 0.6) is 11.5 Å². The second-order valence-electron chi connectivity index (χ2n) is 4.96. The third kappa shape index (κ3) is 2.12. The van der Waals surface area contributed by atoms with E-state index in [1.54, 1.807) is 14.2 Å². The van der Waals surface area contributed by atoms with E-state index >= 15 is 0 Å². The molecule has 1 aromatic carbocycles. The first kappa shape index (κ1) is 13.7. The molecule has 1 aliphatic heterocycles. The molecule has 3 nitrogen and oxygen atoms in total. The zero-order valence-corrected chi connectivity index (χ0v) is 13.0. The van der Waals surface area contributed by atoms with Crippen molar-refractivity contribution in [3.8, 4) is 11.5 Å². The second kappa shape index (κ2) is 5.10. The summed E-state index contributed by atoms with van der Waals surface area (Å²) < 4.78 is 11.9. The third-order valence-corrected chi connectivity index (χ3v) is 4.40. The van der Waals surface area contributed by atoms with Crippen LogP contribution < -0.4 is 14.8 Å². The van der Waals surface area contributed by atoms with Gasteiger partial charge in [0.25, 0.3) is 0 Å². The molecule has 4 heteroatoms. The van der Waals surface area contributed by atoms with E-state index in [1.807, 2.05) is 0 Å². The Morgan fingerprint density at radius 1 is 1.28 bits per heavy atom. The summed E-state index contributed by atoms with van der Waals surface area (Å²) in [5.41, 5.74) is 2.46. The highest BCUT2D eigenvalue weighted by molar-refractivity contribution is 9.10. The van der Waals surface area contributed by atoms with Crippen LogP contribution in [0.15, 0.2) is 10.5 Å². The molecule has 1 atom stereocenters. The highest BCUT2D eigenvalue weighted by Gasteiger charge is 2.33. The van der Waals surface area contributed by atoms with E-state index in [2.05, 4.69) is 41.2 Å². The molecule has 0 aliphatic carbocycles. The Kier molecular flexibility index (Phi) is 3.87. The largest absolute Gasteiger partial charge is 0.493 e. The first-order valence-electron chi connectivity index (χ1n) is 6.20. The molecule has 0 saturated carbocycles. The van der Waals surface area contributed by atoms with Gasteiger partial charge in [-0.05, 0) is 60.8 Å². The van der Waals surface area contributed by atoms with Crippen molar-refractivity contribution in [2.75, 3.05) is 20.8 Å². The van der Waals surface area contributed by atoms with Crippen LogP contribution in [-0.4, -0.2) is 20.8 Å². The van der Waals surface area contributed by atoms with Crippen molar-refractivity contribution in [1.82, 2.24) is 5.32 Å². The quantitative estimate of drug-likeness (QED) is 0.928. The molecule has 100 valence electrons. The van der Waals surface area contributed by atoms with Crippen LogP contribution in [0.25, 0.3) is 0 Å². The smallest absolute Gasteiger partial charge is 0.175 e. The van der Waals surface area contributed by atoms with Gasteiger partial charge in [-0.2, -0.15) is 0 Å². The molecule has 1 N–H and O–H groups in total. The van der Waals surface area contributed by atoms with Crippen LogP contribution in [0.4, 0.5) is 0 Å². The maximum absolute atomic E-state index is 5.51. The van der Waals surface area contributed by atoms with Gasteiger partial charge in [0.1, 0.15) is 0 Å². The molecular weight excluding hydrogens is 294 g/mol. The van der Waals surface area contributed by atoms with Crippen LogP contribution in [0, 0.1) is 6.92 Å². The minimum absolute atomic E-state index is 0.0339. The predicted octanol–water partition coefficient (Wildman–Crippen LogP) is 3.37. The van der Waals surface area contributed by atoms with Crippen LogP contribution >= 0.6 is 15.9 Å². The number of nitrogens with one attached hydrogen (secondary N) is 1. The van der Waals surface area contributed by atoms with E-state index in [9.17, 15) is 0 Å². The van der Waals surface area contributed by atoms with Crippen LogP contribution in [-0.2, 0) is 5.54 Å². The zero-order chi connectivity index (χ0) is 13.3. The Morgan fingerprint density at radius 3 is 2.44 bits per heavy atom. The molecule has 0 radical (unpaired) electrons. The lowest BCUT2D eigenvalue weighted by atomic mass is 9.87. The number of hydrogen-bond donors (Lipinski definition) is 1. The monoisotopic (exact) mass is 313 g/mol. The Morgan fingerprint density at radius 2 is 1.94 bits per heavy atom. The fraction of sp³-hybridized carbons (Fsp3) is 0.571. The third-order valence-electron chi connectivity index (χ3n) is 3.81. The first-order chi connectivity index (χ1) is 8.53. The Hall–Kier alpha value is -0.740. The lowest BCUT2D eigenvalue weighted by Crippen LogP contribution is -2.34. The molecule has 0 amide bonds. The van der Waals surface area contributed by atoms with Crippen molar-refractivity contribution in [3.05, 3.63) is 21.7 Å². The average Bonchev–Trinajstić information content (AvgIpc) is 2.79. The summed E-state index contributed by atoms with van der Waals surface area (Å²) in [7, 11) is 3.35. The molecule has 1 fully saturated rings. The van der Waals surface area contributed by atoms with Crippen LogP contribution in [0.2, 0.25) is 0 Å². The van der Waals surface area contributed by atoms with Gasteiger partial charge in [-0.1, -0.05) is 0 Å². The van der Waals surface area contributed by atoms with E-state index in [0.29, 0.717) is 0 Å². The maximum Gasteiger partial charge on any atom is 0.175 e. The lowest BCUT2D eigenvalue weighted by Gasteiger charge is -2.29. The topological polar surface area (TPSA) is 30.5 Å². The van der Waals surface area contributed by atoms with Gasteiger partial charge in [0, 0.05) is 11.1 Å². The van der Waals surface area contributed by atoms with Crippen molar-refractivity contribution in [2.24, 2.45) is 0 Å². The van der Waals surface area contributed by atoms with E-state index < -0.39 is 0 Å². The number of methoxy groups -OCH3 is 2. The van der Waals surface area contributed by atoms with Gasteiger partial charge in [0.15, 0.2) is 11.5 Å². The fourth-order valence-corrected chi connectivity index (χ4v) is 3.41. The SMILES string of the molecule is COc1c(Br)cc(C2(C)CCCN2)c(C)c1OC. The number of hydrogen-bond acceptors (Lipinski definition) is 3. The van der Waals surface area contributed by atoms with Crippen molar-refractivity contribution >= 4 is 15.9 Å². The molecule has 0 bridgehead atoms. The number of rotatable bonds is 3.